The number of aryl methyl sites for hydroxylation is 1. The summed E-state index contributed by atoms with van der Waals surface area (Å²) < 4.78 is 10.7. The summed E-state index contributed by atoms with van der Waals surface area (Å²) in [4.78, 5) is 22.5. The molecule has 176 valence electrons. The monoisotopic (exact) mass is 478 g/mol. The van der Waals surface area contributed by atoms with Crippen molar-refractivity contribution < 1.29 is 14.1 Å². The van der Waals surface area contributed by atoms with E-state index in [1.54, 1.807) is 19.2 Å². The predicted molar refractivity (Wildman–Crippen MR) is 131 cm³/mol. The minimum Gasteiger partial charge on any atom is -0.497 e. The van der Waals surface area contributed by atoms with Gasteiger partial charge in [-0.3, -0.25) is 4.79 Å². The maximum absolute atomic E-state index is 12.8. The molecule has 1 fully saturated rings. The number of H-pyrrole nitrogens is 1. The molecule has 4 aromatic rings. The van der Waals surface area contributed by atoms with Crippen molar-refractivity contribution in [3.8, 4) is 17.1 Å². The third-order valence-corrected chi connectivity index (χ3v) is 6.81. The predicted octanol–water partition coefficient (Wildman–Crippen LogP) is 5.61. The first-order chi connectivity index (χ1) is 16.6. The van der Waals surface area contributed by atoms with Gasteiger partial charge in [-0.1, -0.05) is 16.8 Å². The molecular formula is C26H27ClN4O3. The second-order valence-corrected chi connectivity index (χ2v) is 9.12. The molecule has 1 N–H and O–H groups in total. The third kappa shape index (κ3) is 4.80. The van der Waals surface area contributed by atoms with E-state index in [-0.39, 0.29) is 5.91 Å². The fourth-order valence-electron chi connectivity index (χ4n) is 4.65. The number of methoxy groups -OCH3 is 1. The summed E-state index contributed by atoms with van der Waals surface area (Å²) in [6, 6.07) is 13.4. The Hall–Kier alpha value is -3.32. The number of amides is 1. The number of piperidine rings is 1. The highest BCUT2D eigenvalue weighted by Crippen LogP contribution is 2.35. The van der Waals surface area contributed by atoms with Gasteiger partial charge in [0.05, 0.1) is 7.11 Å². The largest absolute Gasteiger partial charge is 0.497 e. The van der Waals surface area contributed by atoms with Crippen LogP contribution in [0.3, 0.4) is 0 Å². The molecule has 1 aliphatic rings. The Labute approximate surface area is 203 Å². The molecule has 8 heteroatoms. The quantitative estimate of drug-likeness (QED) is 0.373. The van der Waals surface area contributed by atoms with Crippen molar-refractivity contribution >= 4 is 28.4 Å². The third-order valence-electron chi connectivity index (χ3n) is 6.56. The number of nitrogens with zero attached hydrogens (tertiary/aromatic N) is 3. The second-order valence-electron chi connectivity index (χ2n) is 8.68. The molecule has 34 heavy (non-hydrogen) atoms. The van der Waals surface area contributed by atoms with Crippen LogP contribution in [0.15, 0.2) is 53.2 Å². The minimum absolute atomic E-state index is 0.191. The Bertz CT molecular complexity index is 1270. The van der Waals surface area contributed by atoms with Crippen LogP contribution in [0, 0.1) is 0 Å². The highest BCUT2D eigenvalue weighted by Gasteiger charge is 2.25. The number of aromatic amines is 1. The van der Waals surface area contributed by atoms with Crippen LogP contribution in [-0.4, -0.2) is 46.1 Å². The fourth-order valence-corrected chi connectivity index (χ4v) is 4.77. The molecule has 0 aliphatic carbocycles. The zero-order valence-electron chi connectivity index (χ0n) is 19.1. The molecule has 1 saturated heterocycles. The summed E-state index contributed by atoms with van der Waals surface area (Å²) in [7, 11) is 1.69. The lowest BCUT2D eigenvalue weighted by Crippen LogP contribution is -2.37. The van der Waals surface area contributed by atoms with Gasteiger partial charge in [0.15, 0.2) is 0 Å². The average Bonchev–Trinajstić information content (AvgIpc) is 3.51. The lowest BCUT2D eigenvalue weighted by atomic mass is 9.89. The number of likely N-dealkylation sites (tertiary alicyclic amines) is 1. The maximum atomic E-state index is 12.8. The standard InChI is InChI=1S/C26H27ClN4O3/c1-33-20-9-10-23-21(15-20)22(16-28-23)17-11-13-31(14-12-17)25(32)4-2-3-24-29-26(30-34-24)18-5-7-19(27)8-6-18/h5-10,15-17,28H,2-4,11-14H2,1H3. The van der Waals surface area contributed by atoms with Crippen molar-refractivity contribution in [3.05, 3.63) is 65.1 Å². The molecule has 0 atom stereocenters. The number of hydrogen-bond acceptors (Lipinski definition) is 5. The van der Waals surface area contributed by atoms with Crippen LogP contribution in [-0.2, 0) is 11.2 Å². The summed E-state index contributed by atoms with van der Waals surface area (Å²) in [6.45, 7) is 1.56. The van der Waals surface area contributed by atoms with E-state index in [4.69, 9.17) is 20.9 Å². The number of rotatable bonds is 7. The van der Waals surface area contributed by atoms with Crippen LogP contribution in [0.5, 0.6) is 5.75 Å². The van der Waals surface area contributed by atoms with Crippen LogP contribution in [0.2, 0.25) is 5.02 Å². The van der Waals surface area contributed by atoms with E-state index in [0.717, 1.165) is 42.8 Å². The number of fused-ring (bicyclic) bond motifs is 1. The molecule has 2 aromatic heterocycles. The smallest absolute Gasteiger partial charge is 0.226 e. The van der Waals surface area contributed by atoms with Gasteiger partial charge in [0.25, 0.3) is 0 Å². The van der Waals surface area contributed by atoms with Crippen LogP contribution in [0.1, 0.15) is 43.1 Å². The number of carbonyl (C=O) groups is 1. The van der Waals surface area contributed by atoms with Gasteiger partial charge in [-0.2, -0.15) is 4.98 Å². The number of carbonyl (C=O) groups excluding carboxylic acids is 1. The van der Waals surface area contributed by atoms with E-state index < -0.39 is 0 Å². The lowest BCUT2D eigenvalue weighted by molar-refractivity contribution is -0.132. The van der Waals surface area contributed by atoms with E-state index in [1.807, 2.05) is 23.1 Å². The number of halogens is 1. The first-order valence-corrected chi connectivity index (χ1v) is 12.0. The molecule has 0 spiro atoms. The molecule has 1 aliphatic heterocycles. The highest BCUT2D eigenvalue weighted by molar-refractivity contribution is 6.30. The normalized spacial score (nSPS) is 14.6. The molecule has 3 heterocycles. The second kappa shape index (κ2) is 9.89. The Morgan fingerprint density at radius 1 is 1.21 bits per heavy atom. The van der Waals surface area contributed by atoms with E-state index in [0.29, 0.717) is 41.9 Å². The van der Waals surface area contributed by atoms with Crippen molar-refractivity contribution in [2.75, 3.05) is 20.2 Å². The summed E-state index contributed by atoms with van der Waals surface area (Å²) >= 11 is 5.93. The molecule has 7 nitrogen and oxygen atoms in total. The van der Waals surface area contributed by atoms with Crippen molar-refractivity contribution in [3.63, 3.8) is 0 Å². The fraction of sp³-hybridized carbons (Fsp3) is 0.346. The highest BCUT2D eigenvalue weighted by atomic mass is 35.5. The molecule has 0 unspecified atom stereocenters. The molecule has 0 saturated carbocycles. The summed E-state index contributed by atoms with van der Waals surface area (Å²) in [5.74, 6) is 2.58. The number of hydrogen-bond donors (Lipinski definition) is 1. The molecule has 5 rings (SSSR count). The van der Waals surface area contributed by atoms with E-state index in [2.05, 4.69) is 33.5 Å². The Morgan fingerprint density at radius 2 is 2.00 bits per heavy atom. The number of aromatic nitrogens is 3. The first-order valence-electron chi connectivity index (χ1n) is 11.6. The molecule has 2 aromatic carbocycles. The van der Waals surface area contributed by atoms with Crippen LogP contribution in [0.25, 0.3) is 22.3 Å². The first kappa shape index (κ1) is 22.5. The molecule has 0 radical (unpaired) electrons. The van der Waals surface area contributed by atoms with Gasteiger partial charge in [-0.25, -0.2) is 0 Å². The van der Waals surface area contributed by atoms with Crippen molar-refractivity contribution in [2.45, 2.75) is 38.0 Å². The molecule has 1 amide bonds. The van der Waals surface area contributed by atoms with E-state index in [1.165, 1.54) is 10.9 Å². The summed E-state index contributed by atoms with van der Waals surface area (Å²) in [5.41, 5.74) is 3.29. The molecule has 0 bridgehead atoms. The van der Waals surface area contributed by atoms with Crippen molar-refractivity contribution in [2.24, 2.45) is 0 Å². The van der Waals surface area contributed by atoms with Gasteiger partial charge in [0, 0.05) is 53.6 Å². The Balaban J connectivity index is 1.11. The van der Waals surface area contributed by atoms with Gasteiger partial charge in [0.1, 0.15) is 5.75 Å². The summed E-state index contributed by atoms with van der Waals surface area (Å²) in [5, 5.41) is 5.91. The van der Waals surface area contributed by atoms with Crippen LogP contribution in [0.4, 0.5) is 0 Å². The minimum atomic E-state index is 0.191. The molecular weight excluding hydrogens is 452 g/mol. The Morgan fingerprint density at radius 3 is 2.76 bits per heavy atom. The van der Waals surface area contributed by atoms with Gasteiger partial charge in [0.2, 0.25) is 17.6 Å². The zero-order valence-corrected chi connectivity index (χ0v) is 19.8. The van der Waals surface area contributed by atoms with Crippen molar-refractivity contribution in [1.82, 2.24) is 20.0 Å². The summed E-state index contributed by atoms with van der Waals surface area (Å²) in [6.07, 6.45) is 5.78. The van der Waals surface area contributed by atoms with Crippen LogP contribution < -0.4 is 4.74 Å². The number of nitrogens with one attached hydrogen (secondary N) is 1. The van der Waals surface area contributed by atoms with Gasteiger partial charge in [-0.05, 0) is 73.2 Å². The zero-order chi connectivity index (χ0) is 23.5. The van der Waals surface area contributed by atoms with Crippen molar-refractivity contribution in [1.29, 1.82) is 0 Å². The lowest BCUT2D eigenvalue weighted by Gasteiger charge is -2.32. The van der Waals surface area contributed by atoms with Gasteiger partial charge in [-0.15, -0.1) is 0 Å². The van der Waals surface area contributed by atoms with E-state index >= 15 is 0 Å². The van der Waals surface area contributed by atoms with Gasteiger partial charge < -0.3 is 19.1 Å². The number of ether oxygens (including phenoxy) is 1. The van der Waals surface area contributed by atoms with Crippen LogP contribution >= 0.6 is 11.6 Å². The number of benzene rings is 2. The maximum Gasteiger partial charge on any atom is 0.226 e. The van der Waals surface area contributed by atoms with Gasteiger partial charge >= 0.3 is 0 Å². The SMILES string of the molecule is COc1ccc2[nH]cc(C3CCN(C(=O)CCCc4nc(-c5ccc(Cl)cc5)no4)CC3)c2c1. The average molecular weight is 479 g/mol. The Kier molecular flexibility index (Phi) is 6.54. The topological polar surface area (TPSA) is 84.2 Å². The van der Waals surface area contributed by atoms with E-state index in [9.17, 15) is 4.79 Å².